The van der Waals surface area contributed by atoms with Gasteiger partial charge in [0, 0.05) is 0 Å². The van der Waals surface area contributed by atoms with Crippen LogP contribution in [-0.4, -0.2) is 42.3 Å². The van der Waals surface area contributed by atoms with Crippen molar-refractivity contribution in [3.05, 3.63) is 65.7 Å². The third kappa shape index (κ3) is 6.04. The van der Waals surface area contributed by atoms with Crippen molar-refractivity contribution in [1.29, 1.82) is 0 Å². The summed E-state index contributed by atoms with van der Waals surface area (Å²) in [5, 5.41) is 21.3. The van der Waals surface area contributed by atoms with Gasteiger partial charge in [-0.05, 0) is 36.2 Å². The van der Waals surface area contributed by atoms with Gasteiger partial charge in [-0.1, -0.05) is 30.3 Å². The summed E-state index contributed by atoms with van der Waals surface area (Å²) in [4.78, 5) is 23.5. The standard InChI is InChI=1S/C19H18F3NO6S/c20-19(21,22)13-8-6-12(7-9-13)16(24)17(25)23-15(18(26)27)10-11-30(28,29)14-4-2-1-3-5-14/h1-9,15-16,24H,10-11H2,(H,23,25)(H,26,27)/t15-,16-/m1/s1. The molecule has 0 spiro atoms. The number of aliphatic hydroxyl groups excluding tert-OH is 1. The first kappa shape index (κ1) is 23.4. The first-order chi connectivity index (χ1) is 13.9. The van der Waals surface area contributed by atoms with Gasteiger partial charge >= 0.3 is 12.1 Å². The van der Waals surface area contributed by atoms with E-state index in [1.165, 1.54) is 24.3 Å². The normalized spacial score (nSPS) is 14.0. The minimum absolute atomic E-state index is 0.00902. The third-order valence-electron chi connectivity index (χ3n) is 4.19. The van der Waals surface area contributed by atoms with Crippen molar-refractivity contribution in [1.82, 2.24) is 5.32 Å². The Morgan fingerprint density at radius 3 is 2.07 bits per heavy atom. The summed E-state index contributed by atoms with van der Waals surface area (Å²) in [5.41, 5.74) is -1.16. The van der Waals surface area contributed by atoms with E-state index in [-0.39, 0.29) is 10.5 Å². The molecule has 1 amide bonds. The van der Waals surface area contributed by atoms with Crippen molar-refractivity contribution in [2.75, 3.05) is 5.75 Å². The lowest BCUT2D eigenvalue weighted by molar-refractivity contribution is -0.143. The maximum Gasteiger partial charge on any atom is 0.416 e. The first-order valence-corrected chi connectivity index (χ1v) is 10.2. The highest BCUT2D eigenvalue weighted by Crippen LogP contribution is 2.30. The molecule has 0 radical (unpaired) electrons. The van der Waals surface area contributed by atoms with Crippen LogP contribution in [0, 0.1) is 0 Å². The van der Waals surface area contributed by atoms with E-state index < -0.39 is 57.8 Å². The quantitative estimate of drug-likeness (QED) is 0.573. The van der Waals surface area contributed by atoms with E-state index in [1.807, 2.05) is 5.32 Å². The predicted octanol–water partition coefficient (Wildman–Crippen LogP) is 2.17. The molecule has 0 bridgehead atoms. The second-order valence-corrected chi connectivity index (χ2v) is 8.45. The lowest BCUT2D eigenvalue weighted by Crippen LogP contribution is -2.44. The van der Waals surface area contributed by atoms with Gasteiger partial charge in [0.1, 0.15) is 6.04 Å². The summed E-state index contributed by atoms with van der Waals surface area (Å²) in [6, 6.07) is 8.82. The second-order valence-electron chi connectivity index (χ2n) is 6.34. The van der Waals surface area contributed by atoms with Gasteiger partial charge in [0.25, 0.3) is 5.91 Å². The highest BCUT2D eigenvalue weighted by molar-refractivity contribution is 7.91. The summed E-state index contributed by atoms with van der Waals surface area (Å²) in [6.07, 6.45) is -7.00. The van der Waals surface area contributed by atoms with E-state index in [2.05, 4.69) is 0 Å². The van der Waals surface area contributed by atoms with Crippen LogP contribution >= 0.6 is 0 Å². The van der Waals surface area contributed by atoms with E-state index in [0.717, 1.165) is 12.1 Å². The molecule has 162 valence electrons. The number of amides is 1. The molecule has 30 heavy (non-hydrogen) atoms. The number of sulfone groups is 1. The number of carbonyl (C=O) groups excluding carboxylic acids is 1. The Kier molecular flexibility index (Phi) is 7.21. The summed E-state index contributed by atoms with van der Waals surface area (Å²) in [7, 11) is -3.80. The Balaban J connectivity index is 2.05. The van der Waals surface area contributed by atoms with Gasteiger partial charge < -0.3 is 15.5 Å². The van der Waals surface area contributed by atoms with E-state index >= 15 is 0 Å². The van der Waals surface area contributed by atoms with Crippen LogP contribution in [0.5, 0.6) is 0 Å². The van der Waals surface area contributed by atoms with Crippen molar-refractivity contribution < 1.29 is 41.4 Å². The molecule has 0 saturated heterocycles. The Hall–Kier alpha value is -2.92. The lowest BCUT2D eigenvalue weighted by atomic mass is 10.1. The molecule has 0 fully saturated rings. The Morgan fingerprint density at radius 2 is 1.57 bits per heavy atom. The molecule has 0 heterocycles. The van der Waals surface area contributed by atoms with Gasteiger partial charge in [0.15, 0.2) is 15.9 Å². The molecule has 11 heteroatoms. The SMILES string of the molecule is O=C(O)[C@@H](CCS(=O)(=O)c1ccccc1)NC(=O)[C@H](O)c1ccc(C(F)(F)F)cc1. The lowest BCUT2D eigenvalue weighted by Gasteiger charge is -2.18. The molecule has 3 N–H and O–H groups in total. The molecular formula is C19H18F3NO6S. The van der Waals surface area contributed by atoms with Crippen molar-refractivity contribution >= 4 is 21.7 Å². The molecule has 2 atom stereocenters. The van der Waals surface area contributed by atoms with Crippen molar-refractivity contribution in [3.63, 3.8) is 0 Å². The summed E-state index contributed by atoms with van der Waals surface area (Å²) < 4.78 is 62.3. The first-order valence-electron chi connectivity index (χ1n) is 8.58. The van der Waals surface area contributed by atoms with Crippen LogP contribution in [0.2, 0.25) is 0 Å². The van der Waals surface area contributed by atoms with Crippen LogP contribution in [0.25, 0.3) is 0 Å². The molecule has 2 rings (SSSR count). The topological polar surface area (TPSA) is 121 Å². The number of hydrogen-bond acceptors (Lipinski definition) is 5. The zero-order chi connectivity index (χ0) is 22.5. The number of rotatable bonds is 8. The van der Waals surface area contributed by atoms with Gasteiger partial charge in [-0.2, -0.15) is 13.2 Å². The van der Waals surface area contributed by atoms with Crippen molar-refractivity contribution in [3.8, 4) is 0 Å². The van der Waals surface area contributed by atoms with Gasteiger partial charge in [-0.3, -0.25) is 4.79 Å². The summed E-state index contributed by atoms with van der Waals surface area (Å²) >= 11 is 0. The highest BCUT2D eigenvalue weighted by Gasteiger charge is 2.31. The van der Waals surface area contributed by atoms with E-state index in [9.17, 15) is 41.4 Å². The molecule has 2 aromatic rings. The number of carboxylic acid groups (broad SMARTS) is 1. The predicted molar refractivity (Wildman–Crippen MR) is 99.1 cm³/mol. The molecule has 0 aliphatic carbocycles. The van der Waals surface area contributed by atoms with Crippen LogP contribution in [0.3, 0.4) is 0 Å². The molecular weight excluding hydrogens is 427 g/mol. The number of aliphatic carboxylic acids is 1. The molecule has 2 aromatic carbocycles. The van der Waals surface area contributed by atoms with Gasteiger partial charge in [0.05, 0.1) is 16.2 Å². The van der Waals surface area contributed by atoms with Crippen LogP contribution < -0.4 is 5.32 Å². The van der Waals surface area contributed by atoms with E-state index in [1.54, 1.807) is 6.07 Å². The number of aliphatic hydroxyl groups is 1. The molecule has 0 aromatic heterocycles. The number of carboxylic acids is 1. The van der Waals surface area contributed by atoms with Gasteiger partial charge in [-0.25, -0.2) is 13.2 Å². The molecule has 0 unspecified atom stereocenters. The van der Waals surface area contributed by atoms with Crippen LogP contribution in [0.4, 0.5) is 13.2 Å². The number of nitrogens with one attached hydrogen (secondary N) is 1. The molecule has 0 aliphatic rings. The maximum atomic E-state index is 12.6. The fraction of sp³-hybridized carbons (Fsp3) is 0.263. The smallest absolute Gasteiger partial charge is 0.416 e. The third-order valence-corrected chi connectivity index (χ3v) is 5.96. The summed E-state index contributed by atoms with van der Waals surface area (Å²) in [5.74, 6) is -3.28. The molecule has 0 aliphatic heterocycles. The second kappa shape index (κ2) is 9.26. The Morgan fingerprint density at radius 1 is 1.00 bits per heavy atom. The van der Waals surface area contributed by atoms with Crippen LogP contribution in [0.1, 0.15) is 23.7 Å². The van der Waals surface area contributed by atoms with Gasteiger partial charge in [-0.15, -0.1) is 0 Å². The number of hydrogen-bond donors (Lipinski definition) is 3. The number of alkyl halides is 3. The fourth-order valence-corrected chi connectivity index (χ4v) is 3.89. The zero-order valence-electron chi connectivity index (χ0n) is 15.3. The van der Waals surface area contributed by atoms with Crippen molar-refractivity contribution in [2.24, 2.45) is 0 Å². The molecule has 0 saturated carbocycles. The Bertz CT molecular complexity index is 991. The van der Waals surface area contributed by atoms with E-state index in [0.29, 0.717) is 12.1 Å². The van der Waals surface area contributed by atoms with Gasteiger partial charge in [0.2, 0.25) is 0 Å². The largest absolute Gasteiger partial charge is 0.480 e. The number of halogens is 3. The van der Waals surface area contributed by atoms with Crippen molar-refractivity contribution in [2.45, 2.75) is 29.6 Å². The fourth-order valence-electron chi connectivity index (χ4n) is 2.53. The molecule has 7 nitrogen and oxygen atoms in total. The maximum absolute atomic E-state index is 12.6. The monoisotopic (exact) mass is 445 g/mol. The average molecular weight is 445 g/mol. The number of benzene rings is 2. The minimum atomic E-state index is -4.59. The number of carbonyl (C=O) groups is 2. The van der Waals surface area contributed by atoms with Crippen LogP contribution in [-0.2, 0) is 25.6 Å². The minimum Gasteiger partial charge on any atom is -0.480 e. The van der Waals surface area contributed by atoms with E-state index in [4.69, 9.17) is 0 Å². The summed E-state index contributed by atoms with van der Waals surface area (Å²) in [6.45, 7) is 0. The average Bonchev–Trinajstić information content (AvgIpc) is 2.70. The zero-order valence-corrected chi connectivity index (χ0v) is 16.2. The van der Waals surface area contributed by atoms with Crippen LogP contribution in [0.15, 0.2) is 59.5 Å². The highest BCUT2D eigenvalue weighted by atomic mass is 32.2. The Labute approximate surface area is 170 Å².